The molecule has 0 saturated carbocycles. The van der Waals surface area contributed by atoms with Crippen LogP contribution < -0.4 is 11.5 Å². The molecule has 1 rings (SSSR count). The second kappa shape index (κ2) is 5.35. The van der Waals surface area contributed by atoms with Crippen LogP contribution in [-0.2, 0) is 0 Å². The Bertz CT molecular complexity index is 497. The van der Waals surface area contributed by atoms with Crippen molar-refractivity contribution in [2.75, 3.05) is 0 Å². The third-order valence-corrected chi connectivity index (χ3v) is 2.40. The van der Waals surface area contributed by atoms with Gasteiger partial charge in [-0.1, -0.05) is 35.3 Å². The molecule has 4 N–H and O–H groups in total. The highest BCUT2D eigenvalue weighted by Crippen LogP contribution is 2.25. The molecule has 82 valence electrons. The van der Waals surface area contributed by atoms with Gasteiger partial charge in [-0.3, -0.25) is 0 Å². The lowest BCUT2D eigenvalue weighted by atomic mass is 10.1. The molecule has 0 fully saturated rings. The van der Waals surface area contributed by atoms with E-state index < -0.39 is 0 Å². The standard InChI is InChI=1S/C9H7Cl2N5/c10-6-3-1-2-5(8(6)11)7(4-12)15-16-9(13)14/h1-3H,(H4,13,14,16). The van der Waals surface area contributed by atoms with Gasteiger partial charge in [-0.2, -0.15) is 5.26 Å². The van der Waals surface area contributed by atoms with Crippen LogP contribution in [0.1, 0.15) is 5.56 Å². The van der Waals surface area contributed by atoms with Gasteiger partial charge < -0.3 is 11.5 Å². The number of nitrogens with two attached hydrogens (primary N) is 2. The van der Waals surface area contributed by atoms with Crippen LogP contribution in [0.15, 0.2) is 28.4 Å². The van der Waals surface area contributed by atoms with Gasteiger partial charge in [-0.15, -0.1) is 10.2 Å². The van der Waals surface area contributed by atoms with E-state index in [9.17, 15) is 0 Å². The first-order valence-corrected chi connectivity index (χ1v) is 4.83. The minimum Gasteiger partial charge on any atom is -0.369 e. The Morgan fingerprint density at radius 2 is 1.94 bits per heavy atom. The molecule has 0 amide bonds. The quantitative estimate of drug-likeness (QED) is 0.476. The number of guanidine groups is 1. The first-order chi connectivity index (χ1) is 7.56. The summed E-state index contributed by atoms with van der Waals surface area (Å²) in [6, 6.07) is 6.67. The molecule has 5 nitrogen and oxygen atoms in total. The van der Waals surface area contributed by atoms with E-state index in [0.717, 1.165) is 0 Å². The van der Waals surface area contributed by atoms with Crippen molar-refractivity contribution in [3.63, 3.8) is 0 Å². The maximum absolute atomic E-state index is 8.87. The lowest BCUT2D eigenvalue weighted by molar-refractivity contribution is 1.20. The summed E-state index contributed by atoms with van der Waals surface area (Å²) in [7, 11) is 0. The van der Waals surface area contributed by atoms with Gasteiger partial charge in [0.15, 0.2) is 5.71 Å². The van der Waals surface area contributed by atoms with E-state index >= 15 is 0 Å². The minimum absolute atomic E-state index is 0.0131. The van der Waals surface area contributed by atoms with Crippen LogP contribution in [-0.4, -0.2) is 11.7 Å². The molecular formula is C9H7Cl2N5. The Labute approximate surface area is 102 Å². The SMILES string of the molecule is N#CC(=NN=C(N)N)c1cccc(Cl)c1Cl. The van der Waals surface area contributed by atoms with Crippen molar-refractivity contribution in [3.05, 3.63) is 33.8 Å². The molecule has 0 saturated heterocycles. The topological polar surface area (TPSA) is 101 Å². The molecule has 0 aromatic heterocycles. The predicted octanol–water partition coefficient (Wildman–Crippen LogP) is 1.49. The van der Waals surface area contributed by atoms with E-state index in [1.807, 2.05) is 6.07 Å². The summed E-state index contributed by atoms with van der Waals surface area (Å²) in [5.41, 5.74) is 10.6. The summed E-state index contributed by atoms with van der Waals surface area (Å²) in [4.78, 5) is 0. The van der Waals surface area contributed by atoms with Gasteiger partial charge in [0.1, 0.15) is 6.07 Å². The molecule has 0 bridgehead atoms. The van der Waals surface area contributed by atoms with Crippen molar-refractivity contribution >= 4 is 34.9 Å². The first kappa shape index (κ1) is 12.3. The van der Waals surface area contributed by atoms with Gasteiger partial charge in [-0.05, 0) is 6.07 Å². The molecule has 0 aliphatic rings. The van der Waals surface area contributed by atoms with Crippen LogP contribution in [0, 0.1) is 11.3 Å². The molecule has 0 aliphatic heterocycles. The molecule has 0 unspecified atom stereocenters. The highest BCUT2D eigenvalue weighted by atomic mass is 35.5. The van der Waals surface area contributed by atoms with Gasteiger partial charge >= 0.3 is 0 Å². The average molecular weight is 256 g/mol. The maximum atomic E-state index is 8.87. The number of halogens is 2. The Morgan fingerprint density at radius 3 is 2.50 bits per heavy atom. The smallest absolute Gasteiger partial charge is 0.211 e. The second-order valence-electron chi connectivity index (χ2n) is 2.69. The predicted molar refractivity (Wildman–Crippen MR) is 64.4 cm³/mol. The Hall–Kier alpha value is -1.77. The molecule has 1 aromatic rings. The molecule has 0 atom stereocenters. The summed E-state index contributed by atoms with van der Waals surface area (Å²) in [5, 5.41) is 16.4. The number of rotatable bonds is 2. The first-order valence-electron chi connectivity index (χ1n) is 4.07. The molecule has 0 heterocycles. The number of benzene rings is 1. The molecule has 0 aliphatic carbocycles. The number of nitriles is 1. The van der Waals surface area contributed by atoms with Crippen LogP contribution in [0.25, 0.3) is 0 Å². The lowest BCUT2D eigenvalue weighted by Crippen LogP contribution is -2.22. The fraction of sp³-hybridized carbons (Fsp3) is 0. The van der Waals surface area contributed by atoms with Gasteiger partial charge in [0, 0.05) is 5.56 Å². The Kier molecular flexibility index (Phi) is 4.11. The van der Waals surface area contributed by atoms with Crippen LogP contribution in [0.2, 0.25) is 10.0 Å². The lowest BCUT2D eigenvalue weighted by Gasteiger charge is -2.01. The third kappa shape index (κ3) is 2.86. The zero-order chi connectivity index (χ0) is 12.1. The minimum atomic E-state index is -0.245. The van der Waals surface area contributed by atoms with Gasteiger partial charge in [-0.25, -0.2) is 0 Å². The van der Waals surface area contributed by atoms with Crippen molar-refractivity contribution in [2.24, 2.45) is 21.7 Å². The summed E-state index contributed by atoms with van der Waals surface area (Å²) in [6.45, 7) is 0. The van der Waals surface area contributed by atoms with Gasteiger partial charge in [0.2, 0.25) is 5.96 Å². The highest BCUT2D eigenvalue weighted by molar-refractivity contribution is 6.44. The number of hydrogen-bond acceptors (Lipinski definition) is 3. The number of hydrogen-bond donors (Lipinski definition) is 2. The summed E-state index contributed by atoms with van der Waals surface area (Å²) < 4.78 is 0. The Morgan fingerprint density at radius 1 is 1.25 bits per heavy atom. The summed E-state index contributed by atoms with van der Waals surface area (Å²) in [5.74, 6) is -0.245. The maximum Gasteiger partial charge on any atom is 0.211 e. The highest BCUT2D eigenvalue weighted by Gasteiger charge is 2.10. The average Bonchev–Trinajstić information content (AvgIpc) is 2.24. The molecule has 7 heteroatoms. The van der Waals surface area contributed by atoms with Crippen molar-refractivity contribution in [1.82, 2.24) is 0 Å². The molecule has 0 radical (unpaired) electrons. The normalized spacial score (nSPS) is 10.7. The number of nitrogens with zero attached hydrogens (tertiary/aromatic N) is 3. The monoisotopic (exact) mass is 255 g/mol. The fourth-order valence-electron chi connectivity index (χ4n) is 0.931. The van der Waals surface area contributed by atoms with Crippen molar-refractivity contribution in [2.45, 2.75) is 0 Å². The summed E-state index contributed by atoms with van der Waals surface area (Å²) >= 11 is 11.7. The van der Waals surface area contributed by atoms with E-state index in [2.05, 4.69) is 10.2 Å². The summed E-state index contributed by atoms with van der Waals surface area (Å²) in [6.07, 6.45) is 0. The van der Waals surface area contributed by atoms with E-state index in [-0.39, 0.29) is 16.7 Å². The van der Waals surface area contributed by atoms with Crippen LogP contribution in [0.3, 0.4) is 0 Å². The van der Waals surface area contributed by atoms with Crippen LogP contribution in [0.4, 0.5) is 0 Å². The zero-order valence-electron chi connectivity index (χ0n) is 7.98. The van der Waals surface area contributed by atoms with Crippen molar-refractivity contribution in [1.29, 1.82) is 5.26 Å². The van der Waals surface area contributed by atoms with Gasteiger partial charge in [0.25, 0.3) is 0 Å². The third-order valence-electron chi connectivity index (χ3n) is 1.58. The van der Waals surface area contributed by atoms with E-state index in [1.54, 1.807) is 18.2 Å². The van der Waals surface area contributed by atoms with Crippen LogP contribution >= 0.6 is 23.2 Å². The fourth-order valence-corrected chi connectivity index (χ4v) is 1.32. The largest absolute Gasteiger partial charge is 0.369 e. The molecule has 0 spiro atoms. The molecular weight excluding hydrogens is 249 g/mol. The molecule has 16 heavy (non-hydrogen) atoms. The van der Waals surface area contributed by atoms with E-state index in [1.165, 1.54) is 0 Å². The van der Waals surface area contributed by atoms with Gasteiger partial charge in [0.05, 0.1) is 10.0 Å². The Balaban J connectivity index is 3.26. The van der Waals surface area contributed by atoms with Crippen LogP contribution in [0.5, 0.6) is 0 Å². The van der Waals surface area contributed by atoms with Crippen molar-refractivity contribution < 1.29 is 0 Å². The molecule has 1 aromatic carbocycles. The van der Waals surface area contributed by atoms with E-state index in [0.29, 0.717) is 10.6 Å². The van der Waals surface area contributed by atoms with Crippen molar-refractivity contribution in [3.8, 4) is 6.07 Å². The van der Waals surface area contributed by atoms with E-state index in [4.69, 9.17) is 39.9 Å². The zero-order valence-corrected chi connectivity index (χ0v) is 9.50. The second-order valence-corrected chi connectivity index (χ2v) is 3.47.